The van der Waals surface area contributed by atoms with Crippen LogP contribution in [0, 0.1) is 0 Å². The number of rotatable bonds is 6. The normalized spacial score (nSPS) is 11.8. The average Bonchev–Trinajstić information content (AvgIpc) is 2.75. The first-order chi connectivity index (χ1) is 8.45. The summed E-state index contributed by atoms with van der Waals surface area (Å²) in [5, 5.41) is 23.2. The topological polar surface area (TPSA) is 129 Å². The fourth-order valence-electron chi connectivity index (χ4n) is 1.21. The molecule has 0 aliphatic carbocycles. The Morgan fingerprint density at radius 1 is 1.39 bits per heavy atom. The molecule has 1 heterocycles. The fraction of sp³-hybridized carbons (Fsp3) is 0.444. The van der Waals surface area contributed by atoms with E-state index < -0.39 is 30.3 Å². The lowest BCUT2D eigenvalue weighted by Crippen LogP contribution is -2.42. The molecule has 0 unspecified atom stereocenters. The van der Waals surface area contributed by atoms with E-state index in [1.54, 1.807) is 6.92 Å². The Labute approximate surface area is 106 Å². The molecule has 0 radical (unpaired) electrons. The molecule has 18 heavy (non-hydrogen) atoms. The van der Waals surface area contributed by atoms with Crippen LogP contribution in [0.4, 0.5) is 0 Å². The molecular formula is C9H11N3O5S. The third kappa shape index (κ3) is 3.48. The van der Waals surface area contributed by atoms with Gasteiger partial charge in [-0.1, -0.05) is 11.4 Å². The van der Waals surface area contributed by atoms with Crippen LogP contribution in [0.5, 0.6) is 0 Å². The minimum atomic E-state index is -1.47. The standard InChI is InChI=1S/C9H11N3O5S/c1-2-4-7(18-12-11-4)8(15)10-5(9(16)17)3-6(13)14/h5H,2-3H2,1H3,(H,10,15)(H,13,14)(H,16,17)/t5-/m1/s1. The third-order valence-corrected chi connectivity index (χ3v) is 2.85. The van der Waals surface area contributed by atoms with Gasteiger partial charge in [-0.3, -0.25) is 9.59 Å². The summed E-state index contributed by atoms with van der Waals surface area (Å²) in [5.41, 5.74) is 0.456. The zero-order valence-corrected chi connectivity index (χ0v) is 10.2. The van der Waals surface area contributed by atoms with E-state index in [0.717, 1.165) is 11.5 Å². The van der Waals surface area contributed by atoms with Crippen molar-refractivity contribution in [2.45, 2.75) is 25.8 Å². The molecule has 0 saturated heterocycles. The Morgan fingerprint density at radius 3 is 2.56 bits per heavy atom. The van der Waals surface area contributed by atoms with Gasteiger partial charge in [-0.15, -0.1) is 5.10 Å². The summed E-state index contributed by atoms with van der Waals surface area (Å²) in [4.78, 5) is 33.2. The van der Waals surface area contributed by atoms with Crippen LogP contribution in [-0.4, -0.2) is 43.7 Å². The molecule has 1 aromatic heterocycles. The molecule has 0 fully saturated rings. The summed E-state index contributed by atoms with van der Waals surface area (Å²) in [6, 6.07) is -1.47. The molecular weight excluding hydrogens is 262 g/mol. The van der Waals surface area contributed by atoms with Gasteiger partial charge in [0.1, 0.15) is 10.9 Å². The second kappa shape index (κ2) is 6.05. The average molecular weight is 273 g/mol. The molecule has 1 amide bonds. The summed E-state index contributed by atoms with van der Waals surface area (Å²) in [6.45, 7) is 1.78. The predicted octanol–water partition coefficient (Wildman–Crippen LogP) is -0.242. The minimum Gasteiger partial charge on any atom is -0.481 e. The highest BCUT2D eigenvalue weighted by molar-refractivity contribution is 7.08. The molecule has 0 aromatic carbocycles. The van der Waals surface area contributed by atoms with Crippen molar-refractivity contribution >= 4 is 29.4 Å². The quantitative estimate of drug-likeness (QED) is 0.652. The number of aromatic nitrogens is 2. The Bertz CT molecular complexity index is 473. The molecule has 0 bridgehead atoms. The van der Waals surface area contributed by atoms with Crippen LogP contribution in [0.15, 0.2) is 0 Å². The first-order valence-electron chi connectivity index (χ1n) is 5.02. The maximum Gasteiger partial charge on any atom is 0.326 e. The van der Waals surface area contributed by atoms with Crippen LogP contribution in [0.25, 0.3) is 0 Å². The molecule has 0 aliphatic heterocycles. The van der Waals surface area contributed by atoms with Gasteiger partial charge in [0, 0.05) is 0 Å². The number of hydrogen-bond donors (Lipinski definition) is 3. The number of nitrogens with zero attached hydrogens (tertiary/aromatic N) is 2. The van der Waals surface area contributed by atoms with Gasteiger partial charge >= 0.3 is 11.9 Å². The number of nitrogens with one attached hydrogen (secondary N) is 1. The molecule has 9 heteroatoms. The van der Waals surface area contributed by atoms with E-state index in [-0.39, 0.29) is 4.88 Å². The first-order valence-corrected chi connectivity index (χ1v) is 5.79. The van der Waals surface area contributed by atoms with E-state index >= 15 is 0 Å². The highest BCUT2D eigenvalue weighted by Crippen LogP contribution is 2.11. The van der Waals surface area contributed by atoms with E-state index in [1.165, 1.54) is 0 Å². The van der Waals surface area contributed by atoms with Crippen molar-refractivity contribution in [2.24, 2.45) is 0 Å². The van der Waals surface area contributed by atoms with E-state index in [4.69, 9.17) is 10.2 Å². The maximum absolute atomic E-state index is 11.7. The van der Waals surface area contributed by atoms with Crippen LogP contribution in [0.1, 0.15) is 28.7 Å². The number of aliphatic carboxylic acids is 2. The summed E-state index contributed by atoms with van der Waals surface area (Å²) >= 11 is 0.841. The molecule has 0 aliphatic rings. The maximum atomic E-state index is 11.7. The van der Waals surface area contributed by atoms with E-state index in [9.17, 15) is 14.4 Å². The van der Waals surface area contributed by atoms with Crippen LogP contribution in [-0.2, 0) is 16.0 Å². The van der Waals surface area contributed by atoms with Gasteiger partial charge in [-0.2, -0.15) is 0 Å². The van der Waals surface area contributed by atoms with Crippen LogP contribution in [0.2, 0.25) is 0 Å². The number of aryl methyl sites for hydroxylation is 1. The van der Waals surface area contributed by atoms with Crippen molar-refractivity contribution in [3.63, 3.8) is 0 Å². The molecule has 0 saturated carbocycles. The zero-order valence-electron chi connectivity index (χ0n) is 9.41. The molecule has 1 atom stereocenters. The largest absolute Gasteiger partial charge is 0.481 e. The molecule has 0 spiro atoms. The Morgan fingerprint density at radius 2 is 2.06 bits per heavy atom. The Balaban J connectivity index is 2.78. The van der Waals surface area contributed by atoms with Gasteiger partial charge < -0.3 is 15.5 Å². The Kier molecular flexibility index (Phi) is 4.72. The zero-order chi connectivity index (χ0) is 13.7. The van der Waals surface area contributed by atoms with Gasteiger partial charge in [0.2, 0.25) is 0 Å². The number of hydrogen-bond acceptors (Lipinski definition) is 6. The lowest BCUT2D eigenvalue weighted by molar-refractivity contribution is -0.145. The molecule has 98 valence electrons. The second-order valence-electron chi connectivity index (χ2n) is 3.36. The van der Waals surface area contributed by atoms with Gasteiger partial charge in [-0.05, 0) is 18.0 Å². The van der Waals surface area contributed by atoms with Crippen molar-refractivity contribution in [3.8, 4) is 0 Å². The Hall–Kier alpha value is -2.03. The van der Waals surface area contributed by atoms with Gasteiger partial charge in [0.05, 0.1) is 12.1 Å². The SMILES string of the molecule is CCc1nnsc1C(=O)N[C@H](CC(=O)O)C(=O)O. The van der Waals surface area contributed by atoms with Gasteiger partial charge in [0.15, 0.2) is 0 Å². The van der Waals surface area contributed by atoms with Crippen LogP contribution < -0.4 is 5.32 Å². The highest BCUT2D eigenvalue weighted by atomic mass is 32.1. The number of amides is 1. The van der Waals surface area contributed by atoms with Gasteiger partial charge in [-0.25, -0.2) is 4.79 Å². The smallest absolute Gasteiger partial charge is 0.326 e. The van der Waals surface area contributed by atoms with Crippen molar-refractivity contribution in [3.05, 3.63) is 10.6 Å². The molecule has 8 nitrogen and oxygen atoms in total. The highest BCUT2D eigenvalue weighted by Gasteiger charge is 2.25. The van der Waals surface area contributed by atoms with E-state index in [0.29, 0.717) is 12.1 Å². The van der Waals surface area contributed by atoms with Crippen LogP contribution in [0.3, 0.4) is 0 Å². The van der Waals surface area contributed by atoms with Crippen molar-refractivity contribution in [2.75, 3.05) is 0 Å². The number of carboxylic acid groups (broad SMARTS) is 2. The number of carboxylic acids is 2. The van der Waals surface area contributed by atoms with Crippen molar-refractivity contribution in [1.29, 1.82) is 0 Å². The van der Waals surface area contributed by atoms with Crippen molar-refractivity contribution in [1.82, 2.24) is 14.9 Å². The first kappa shape index (κ1) is 14.0. The monoisotopic (exact) mass is 273 g/mol. The fourth-order valence-corrected chi connectivity index (χ4v) is 1.86. The lowest BCUT2D eigenvalue weighted by Gasteiger charge is -2.11. The molecule has 1 rings (SSSR count). The number of carbonyl (C=O) groups excluding carboxylic acids is 1. The predicted molar refractivity (Wildman–Crippen MR) is 60.4 cm³/mol. The summed E-state index contributed by atoms with van der Waals surface area (Å²) in [5.74, 6) is -3.38. The second-order valence-corrected chi connectivity index (χ2v) is 4.12. The number of carbonyl (C=O) groups is 3. The summed E-state index contributed by atoms with van der Waals surface area (Å²) in [6.07, 6.45) is -0.204. The van der Waals surface area contributed by atoms with E-state index in [2.05, 4.69) is 14.9 Å². The molecule has 1 aromatic rings. The van der Waals surface area contributed by atoms with Crippen LogP contribution >= 0.6 is 11.5 Å². The van der Waals surface area contributed by atoms with E-state index in [1.807, 2.05) is 0 Å². The minimum absolute atomic E-state index is 0.203. The summed E-state index contributed by atoms with van der Waals surface area (Å²) in [7, 11) is 0. The summed E-state index contributed by atoms with van der Waals surface area (Å²) < 4.78 is 3.59. The lowest BCUT2D eigenvalue weighted by atomic mass is 10.2. The van der Waals surface area contributed by atoms with Gasteiger partial charge in [0.25, 0.3) is 5.91 Å². The third-order valence-electron chi connectivity index (χ3n) is 2.08. The van der Waals surface area contributed by atoms with Crippen molar-refractivity contribution < 1.29 is 24.6 Å². The molecule has 3 N–H and O–H groups in total.